The summed E-state index contributed by atoms with van der Waals surface area (Å²) in [5, 5.41) is 14.3. The molecule has 0 aliphatic heterocycles. The Morgan fingerprint density at radius 2 is 1.32 bits per heavy atom. The van der Waals surface area contributed by atoms with Gasteiger partial charge in [0, 0.05) is 12.0 Å². The van der Waals surface area contributed by atoms with Crippen LogP contribution in [0.1, 0.15) is 53.2 Å². The number of aliphatic hydroxyl groups excluding tert-OH is 1. The van der Waals surface area contributed by atoms with Crippen LogP contribution in [-0.4, -0.2) is 17.7 Å². The van der Waals surface area contributed by atoms with Crippen molar-refractivity contribution in [2.45, 2.75) is 45.3 Å². The smallest absolute Gasteiger partial charge is 0.0940 e. The van der Waals surface area contributed by atoms with Crippen LogP contribution in [0.25, 0.3) is 0 Å². The minimum Gasteiger partial charge on any atom is -0.387 e. The van der Waals surface area contributed by atoms with Crippen LogP contribution in [0, 0.1) is 13.8 Å². The molecule has 2 heteroatoms. The van der Waals surface area contributed by atoms with Crippen molar-refractivity contribution in [3.63, 3.8) is 0 Å². The van der Waals surface area contributed by atoms with Crippen LogP contribution >= 0.6 is 0 Å². The lowest BCUT2D eigenvalue weighted by molar-refractivity contribution is 0.136. The Balaban J connectivity index is 1.64. The molecule has 2 nitrogen and oxygen atoms in total. The van der Waals surface area contributed by atoms with E-state index >= 15 is 0 Å². The Hall–Kier alpha value is -2.42. The number of hydrogen-bond donors (Lipinski definition) is 2. The molecule has 0 aliphatic carbocycles. The largest absolute Gasteiger partial charge is 0.387 e. The van der Waals surface area contributed by atoms with Gasteiger partial charge in [-0.05, 0) is 61.6 Å². The first kappa shape index (κ1) is 20.3. The number of nitrogens with one attached hydrogen (secondary N) is 1. The first-order valence-electron chi connectivity index (χ1n) is 10.1. The molecule has 0 spiro atoms. The summed E-state index contributed by atoms with van der Waals surface area (Å²) in [6, 6.07) is 27.5. The quantitative estimate of drug-likeness (QED) is 0.543. The molecule has 0 heterocycles. The fraction of sp³-hybridized carbons (Fsp3) is 0.308. The summed E-state index contributed by atoms with van der Waals surface area (Å²) in [5.74, 6) is 0.348. The monoisotopic (exact) mass is 373 g/mol. The van der Waals surface area contributed by atoms with Gasteiger partial charge in [-0.25, -0.2) is 0 Å². The molecule has 2 unspecified atom stereocenters. The predicted octanol–water partition coefficient (Wildman–Crippen LogP) is 5.54. The van der Waals surface area contributed by atoms with Crippen molar-refractivity contribution in [3.05, 3.63) is 107 Å². The van der Waals surface area contributed by atoms with Gasteiger partial charge < -0.3 is 10.4 Å². The molecular formula is C26H31NO. The van der Waals surface area contributed by atoms with Crippen LogP contribution in [0.2, 0.25) is 0 Å². The molecule has 2 atom stereocenters. The van der Waals surface area contributed by atoms with Crippen LogP contribution in [0.3, 0.4) is 0 Å². The maximum absolute atomic E-state index is 10.7. The van der Waals surface area contributed by atoms with Crippen molar-refractivity contribution >= 4 is 0 Å². The number of hydrogen-bond acceptors (Lipinski definition) is 2. The number of aryl methyl sites for hydroxylation is 2. The van der Waals surface area contributed by atoms with E-state index in [1.807, 2.05) is 6.07 Å². The van der Waals surface area contributed by atoms with Gasteiger partial charge in [0.2, 0.25) is 0 Å². The van der Waals surface area contributed by atoms with E-state index in [9.17, 15) is 5.11 Å². The lowest BCUT2D eigenvalue weighted by Gasteiger charge is -2.24. The summed E-state index contributed by atoms with van der Waals surface area (Å²) in [7, 11) is 0. The summed E-state index contributed by atoms with van der Waals surface area (Å²) in [4.78, 5) is 0. The molecule has 0 saturated heterocycles. The Kier molecular flexibility index (Phi) is 7.02. The Labute approximate surface area is 169 Å². The van der Waals surface area contributed by atoms with Crippen LogP contribution in [0.5, 0.6) is 0 Å². The standard InChI is InChI=1S/C26H31NO/c1-19-14-15-24(18-20(19)2)26(28)21(3)27-17-16-25(22-10-6-4-7-11-22)23-12-8-5-9-13-23/h4-15,18,21,25-28H,16-17H2,1-3H3. The Morgan fingerprint density at radius 3 is 1.86 bits per heavy atom. The zero-order chi connectivity index (χ0) is 19.9. The van der Waals surface area contributed by atoms with E-state index in [1.54, 1.807) is 0 Å². The highest BCUT2D eigenvalue weighted by Gasteiger charge is 2.18. The topological polar surface area (TPSA) is 32.3 Å². The molecule has 3 aromatic carbocycles. The first-order chi connectivity index (χ1) is 13.6. The van der Waals surface area contributed by atoms with E-state index in [2.05, 4.69) is 98.9 Å². The van der Waals surface area contributed by atoms with Crippen molar-refractivity contribution in [3.8, 4) is 0 Å². The first-order valence-corrected chi connectivity index (χ1v) is 10.1. The van der Waals surface area contributed by atoms with Gasteiger partial charge in [-0.15, -0.1) is 0 Å². The molecule has 0 aromatic heterocycles. The van der Waals surface area contributed by atoms with Gasteiger partial charge in [0.15, 0.2) is 0 Å². The van der Waals surface area contributed by atoms with Crippen LogP contribution < -0.4 is 5.32 Å². The molecule has 0 aliphatic rings. The second-order valence-corrected chi connectivity index (χ2v) is 7.69. The van der Waals surface area contributed by atoms with Gasteiger partial charge in [0.05, 0.1) is 6.10 Å². The Bertz CT molecular complexity index is 821. The molecular weight excluding hydrogens is 342 g/mol. The zero-order valence-corrected chi connectivity index (χ0v) is 17.1. The van der Waals surface area contributed by atoms with Crippen molar-refractivity contribution < 1.29 is 5.11 Å². The van der Waals surface area contributed by atoms with Gasteiger partial charge in [-0.3, -0.25) is 0 Å². The van der Waals surface area contributed by atoms with Gasteiger partial charge in [0.1, 0.15) is 0 Å². The highest BCUT2D eigenvalue weighted by molar-refractivity contribution is 5.33. The van der Waals surface area contributed by atoms with E-state index in [1.165, 1.54) is 22.3 Å². The van der Waals surface area contributed by atoms with Gasteiger partial charge in [-0.1, -0.05) is 78.9 Å². The summed E-state index contributed by atoms with van der Waals surface area (Å²) in [5.41, 5.74) is 6.11. The predicted molar refractivity (Wildman–Crippen MR) is 118 cm³/mol. The number of benzene rings is 3. The lowest BCUT2D eigenvalue weighted by Crippen LogP contribution is -2.33. The number of aliphatic hydroxyl groups is 1. The fourth-order valence-electron chi connectivity index (χ4n) is 3.70. The average Bonchev–Trinajstić information content (AvgIpc) is 2.73. The van der Waals surface area contributed by atoms with E-state index in [0.717, 1.165) is 18.5 Å². The van der Waals surface area contributed by atoms with E-state index < -0.39 is 6.10 Å². The molecule has 28 heavy (non-hydrogen) atoms. The fourth-order valence-corrected chi connectivity index (χ4v) is 3.70. The summed E-state index contributed by atoms with van der Waals surface area (Å²) >= 11 is 0. The van der Waals surface area contributed by atoms with Crippen molar-refractivity contribution in [2.24, 2.45) is 0 Å². The molecule has 146 valence electrons. The maximum Gasteiger partial charge on any atom is 0.0940 e. The second-order valence-electron chi connectivity index (χ2n) is 7.69. The summed E-state index contributed by atoms with van der Waals surface area (Å²) in [6.45, 7) is 7.09. The zero-order valence-electron chi connectivity index (χ0n) is 17.1. The summed E-state index contributed by atoms with van der Waals surface area (Å²) in [6.07, 6.45) is 0.476. The molecule has 3 rings (SSSR count). The summed E-state index contributed by atoms with van der Waals surface area (Å²) < 4.78 is 0. The molecule has 0 bridgehead atoms. The lowest BCUT2D eigenvalue weighted by atomic mass is 9.88. The molecule has 0 amide bonds. The van der Waals surface area contributed by atoms with E-state index in [-0.39, 0.29) is 6.04 Å². The maximum atomic E-state index is 10.7. The van der Waals surface area contributed by atoms with Crippen LogP contribution in [0.4, 0.5) is 0 Å². The van der Waals surface area contributed by atoms with Crippen LogP contribution in [0.15, 0.2) is 78.9 Å². The molecule has 2 N–H and O–H groups in total. The van der Waals surface area contributed by atoms with Crippen molar-refractivity contribution in [2.75, 3.05) is 6.54 Å². The van der Waals surface area contributed by atoms with Gasteiger partial charge >= 0.3 is 0 Å². The molecule has 0 fully saturated rings. The highest BCUT2D eigenvalue weighted by atomic mass is 16.3. The normalized spacial score (nSPS) is 13.5. The van der Waals surface area contributed by atoms with E-state index in [4.69, 9.17) is 0 Å². The average molecular weight is 374 g/mol. The minimum absolute atomic E-state index is 0.00528. The van der Waals surface area contributed by atoms with Crippen molar-refractivity contribution in [1.82, 2.24) is 5.32 Å². The van der Waals surface area contributed by atoms with Crippen LogP contribution in [-0.2, 0) is 0 Å². The third-order valence-electron chi connectivity index (χ3n) is 5.65. The molecule has 0 radical (unpaired) electrons. The molecule has 0 saturated carbocycles. The SMILES string of the molecule is Cc1ccc(C(O)C(C)NCCC(c2ccccc2)c2ccccc2)cc1C. The molecule has 3 aromatic rings. The van der Waals surface area contributed by atoms with Gasteiger partial charge in [-0.2, -0.15) is 0 Å². The minimum atomic E-state index is -0.508. The third-order valence-corrected chi connectivity index (χ3v) is 5.65. The third kappa shape index (κ3) is 5.09. The second kappa shape index (κ2) is 9.68. The number of rotatable bonds is 8. The Morgan fingerprint density at radius 1 is 0.750 bits per heavy atom. The van der Waals surface area contributed by atoms with Crippen molar-refractivity contribution in [1.29, 1.82) is 0 Å². The van der Waals surface area contributed by atoms with Gasteiger partial charge in [0.25, 0.3) is 0 Å². The highest BCUT2D eigenvalue weighted by Crippen LogP contribution is 2.28. The van der Waals surface area contributed by atoms with E-state index in [0.29, 0.717) is 5.92 Å².